The van der Waals surface area contributed by atoms with E-state index in [1.165, 1.54) is 12.1 Å². The van der Waals surface area contributed by atoms with E-state index < -0.39 is 0 Å². The van der Waals surface area contributed by atoms with Crippen molar-refractivity contribution in [1.82, 2.24) is 10.3 Å². The van der Waals surface area contributed by atoms with Gasteiger partial charge in [0.25, 0.3) is 5.91 Å². The Hall–Kier alpha value is -2.10. The zero-order valence-corrected chi connectivity index (χ0v) is 8.59. The summed E-state index contributed by atoms with van der Waals surface area (Å²) in [4.78, 5) is 14.4. The molecule has 1 aromatic carbocycles. The van der Waals surface area contributed by atoms with Crippen molar-refractivity contribution in [3.05, 3.63) is 48.4 Å². The summed E-state index contributed by atoms with van der Waals surface area (Å²) < 4.78 is 13.3. The number of halogens is 1. The van der Waals surface area contributed by atoms with E-state index in [1.54, 1.807) is 18.2 Å². The fourth-order valence-electron chi connectivity index (χ4n) is 1.50. The first-order valence-corrected chi connectivity index (χ1v) is 4.88. The summed E-state index contributed by atoms with van der Waals surface area (Å²) in [7, 11) is 0. The molecule has 2 aromatic rings. The highest BCUT2D eigenvalue weighted by Gasteiger charge is 2.10. The molecule has 0 bridgehead atoms. The van der Waals surface area contributed by atoms with Gasteiger partial charge in [0.05, 0.1) is 0 Å². The second-order valence-electron chi connectivity index (χ2n) is 3.38. The number of carbonyl (C=O) groups is 1. The highest BCUT2D eigenvalue weighted by molar-refractivity contribution is 5.98. The van der Waals surface area contributed by atoms with E-state index >= 15 is 0 Å². The van der Waals surface area contributed by atoms with Gasteiger partial charge in [0.1, 0.15) is 11.5 Å². The molecule has 0 atom stereocenters. The Bertz CT molecular complexity index is 545. The maximum Gasteiger partial charge on any atom is 0.267 e. The van der Waals surface area contributed by atoms with Gasteiger partial charge in [0, 0.05) is 17.4 Å². The second-order valence-corrected chi connectivity index (χ2v) is 3.38. The average Bonchev–Trinajstić information content (AvgIpc) is 2.71. The van der Waals surface area contributed by atoms with Gasteiger partial charge in [-0.05, 0) is 18.2 Å². The van der Waals surface area contributed by atoms with E-state index in [2.05, 4.69) is 16.9 Å². The Kier molecular flexibility index (Phi) is 2.72. The molecule has 0 unspecified atom stereocenters. The molecule has 0 spiro atoms. The smallest absolute Gasteiger partial charge is 0.267 e. The maximum absolute atomic E-state index is 13.3. The molecule has 0 saturated carbocycles. The van der Waals surface area contributed by atoms with E-state index in [1.807, 2.05) is 0 Å². The van der Waals surface area contributed by atoms with Crippen LogP contribution >= 0.6 is 0 Å². The maximum atomic E-state index is 13.3. The number of benzene rings is 1. The summed E-state index contributed by atoms with van der Waals surface area (Å²) in [6, 6.07) is 6.19. The van der Waals surface area contributed by atoms with Gasteiger partial charge in [-0.1, -0.05) is 12.1 Å². The Morgan fingerprint density at radius 3 is 3.06 bits per heavy atom. The molecule has 2 rings (SSSR count). The summed E-state index contributed by atoms with van der Waals surface area (Å²) in [6.07, 6.45) is 1.58. The Morgan fingerprint density at radius 2 is 2.38 bits per heavy atom. The first kappa shape index (κ1) is 10.4. The highest BCUT2D eigenvalue weighted by atomic mass is 19.1. The lowest BCUT2D eigenvalue weighted by Gasteiger charge is -1.97. The molecule has 0 aliphatic rings. The molecular formula is C12H11FN2O. The van der Waals surface area contributed by atoms with Crippen molar-refractivity contribution in [3.8, 4) is 0 Å². The zero-order valence-electron chi connectivity index (χ0n) is 8.59. The fraction of sp³-hybridized carbons (Fsp3) is 0.0833. The van der Waals surface area contributed by atoms with Crippen molar-refractivity contribution >= 4 is 16.8 Å². The van der Waals surface area contributed by atoms with Gasteiger partial charge < -0.3 is 10.3 Å². The van der Waals surface area contributed by atoms with Gasteiger partial charge in [-0.25, -0.2) is 4.39 Å². The number of aromatic amines is 1. The normalized spacial score (nSPS) is 10.3. The van der Waals surface area contributed by atoms with Gasteiger partial charge in [0.2, 0.25) is 0 Å². The third kappa shape index (κ3) is 1.82. The van der Waals surface area contributed by atoms with Crippen LogP contribution in [0.15, 0.2) is 36.9 Å². The van der Waals surface area contributed by atoms with Crippen LogP contribution in [-0.2, 0) is 0 Å². The number of carbonyl (C=O) groups excluding carboxylic acids is 1. The van der Waals surface area contributed by atoms with Crippen molar-refractivity contribution in [1.29, 1.82) is 0 Å². The molecule has 1 aromatic heterocycles. The summed E-state index contributed by atoms with van der Waals surface area (Å²) in [5.41, 5.74) is 0.964. The molecule has 0 aliphatic heterocycles. The molecule has 16 heavy (non-hydrogen) atoms. The Balaban J connectivity index is 2.36. The number of nitrogens with one attached hydrogen (secondary N) is 2. The SMILES string of the molecule is C=CCNC(=O)c1cc2c(F)cccc2[nH]1. The lowest BCUT2D eigenvalue weighted by atomic mass is 10.2. The van der Waals surface area contributed by atoms with Crippen molar-refractivity contribution in [2.45, 2.75) is 0 Å². The minimum Gasteiger partial charge on any atom is -0.350 e. The van der Waals surface area contributed by atoms with Crippen LogP contribution in [0.25, 0.3) is 10.9 Å². The molecule has 1 heterocycles. The van der Waals surface area contributed by atoms with Crippen molar-refractivity contribution in [2.75, 3.05) is 6.54 Å². The van der Waals surface area contributed by atoms with Crippen LogP contribution in [0.2, 0.25) is 0 Å². The molecule has 0 aliphatic carbocycles. The standard InChI is InChI=1S/C12H11FN2O/c1-2-6-14-12(16)11-7-8-9(13)4-3-5-10(8)15-11/h2-5,7,15H,1,6H2,(H,14,16). The van der Waals surface area contributed by atoms with Crippen LogP contribution in [-0.4, -0.2) is 17.4 Å². The minimum absolute atomic E-state index is 0.268. The fourth-order valence-corrected chi connectivity index (χ4v) is 1.50. The molecule has 2 N–H and O–H groups in total. The van der Waals surface area contributed by atoms with E-state index in [-0.39, 0.29) is 11.7 Å². The zero-order chi connectivity index (χ0) is 11.5. The lowest BCUT2D eigenvalue weighted by molar-refractivity contribution is 0.0954. The van der Waals surface area contributed by atoms with Crippen LogP contribution in [0, 0.1) is 5.82 Å². The lowest BCUT2D eigenvalue weighted by Crippen LogP contribution is -2.23. The van der Waals surface area contributed by atoms with Gasteiger partial charge in [0.15, 0.2) is 0 Å². The molecule has 3 nitrogen and oxygen atoms in total. The molecule has 0 fully saturated rings. The summed E-state index contributed by atoms with van der Waals surface area (Å²) in [5, 5.41) is 3.04. The summed E-state index contributed by atoms with van der Waals surface area (Å²) >= 11 is 0. The van der Waals surface area contributed by atoms with Gasteiger partial charge in [-0.2, -0.15) is 0 Å². The van der Waals surface area contributed by atoms with E-state index in [4.69, 9.17) is 0 Å². The minimum atomic E-state index is -0.337. The second kappa shape index (κ2) is 4.18. The number of rotatable bonds is 3. The number of hydrogen-bond acceptors (Lipinski definition) is 1. The van der Waals surface area contributed by atoms with Crippen molar-refractivity contribution in [3.63, 3.8) is 0 Å². The molecule has 0 radical (unpaired) electrons. The molecule has 4 heteroatoms. The Morgan fingerprint density at radius 1 is 1.56 bits per heavy atom. The van der Waals surface area contributed by atoms with Crippen LogP contribution in [0.5, 0.6) is 0 Å². The summed E-state index contributed by atoms with van der Waals surface area (Å²) in [6.45, 7) is 3.88. The van der Waals surface area contributed by atoms with Crippen molar-refractivity contribution < 1.29 is 9.18 Å². The van der Waals surface area contributed by atoms with Crippen molar-refractivity contribution in [2.24, 2.45) is 0 Å². The van der Waals surface area contributed by atoms with Gasteiger partial charge in [-0.15, -0.1) is 6.58 Å². The highest BCUT2D eigenvalue weighted by Crippen LogP contribution is 2.18. The predicted molar refractivity (Wildman–Crippen MR) is 60.8 cm³/mol. The molecular weight excluding hydrogens is 207 g/mol. The van der Waals surface area contributed by atoms with Crippen LogP contribution in [0.1, 0.15) is 10.5 Å². The first-order valence-electron chi connectivity index (χ1n) is 4.88. The largest absolute Gasteiger partial charge is 0.350 e. The van der Waals surface area contributed by atoms with Crippen LogP contribution < -0.4 is 5.32 Å². The van der Waals surface area contributed by atoms with Gasteiger partial charge >= 0.3 is 0 Å². The third-order valence-corrected chi connectivity index (χ3v) is 2.26. The third-order valence-electron chi connectivity index (χ3n) is 2.26. The van der Waals surface area contributed by atoms with E-state index in [0.717, 1.165) is 0 Å². The number of aromatic nitrogens is 1. The number of hydrogen-bond donors (Lipinski definition) is 2. The monoisotopic (exact) mass is 218 g/mol. The topological polar surface area (TPSA) is 44.9 Å². The molecule has 82 valence electrons. The number of H-pyrrole nitrogens is 1. The van der Waals surface area contributed by atoms with Crippen LogP contribution in [0.4, 0.5) is 4.39 Å². The van der Waals surface area contributed by atoms with Gasteiger partial charge in [-0.3, -0.25) is 4.79 Å². The first-order chi connectivity index (χ1) is 7.72. The Labute approximate surface area is 92.0 Å². The average molecular weight is 218 g/mol. The molecule has 0 saturated heterocycles. The number of fused-ring (bicyclic) bond motifs is 1. The summed E-state index contributed by atoms with van der Waals surface area (Å²) in [5.74, 6) is -0.605. The molecule has 1 amide bonds. The number of amides is 1. The quantitative estimate of drug-likeness (QED) is 0.762. The predicted octanol–water partition coefficient (Wildman–Crippen LogP) is 2.22. The van der Waals surface area contributed by atoms with E-state index in [0.29, 0.717) is 23.1 Å². The van der Waals surface area contributed by atoms with E-state index in [9.17, 15) is 9.18 Å². The van der Waals surface area contributed by atoms with Crippen LogP contribution in [0.3, 0.4) is 0 Å².